The molecule has 0 aliphatic heterocycles. The van der Waals surface area contributed by atoms with Gasteiger partial charge in [0.2, 0.25) is 0 Å². The molecule has 2 heterocycles. The second kappa shape index (κ2) is 15.1. The third-order valence-corrected chi connectivity index (χ3v) is 4.99. The van der Waals surface area contributed by atoms with Gasteiger partial charge in [-0.3, -0.25) is 9.11 Å². The first-order valence-electron chi connectivity index (χ1n) is 11.7. The van der Waals surface area contributed by atoms with Crippen LogP contribution in [0.4, 0.5) is 11.6 Å². The number of rotatable bonds is 9. The molecule has 230 valence electrons. The molecule has 0 radical (unpaired) electrons. The Kier molecular flexibility index (Phi) is 12.2. The first kappa shape index (κ1) is 33.9. The lowest BCUT2D eigenvalue weighted by Gasteiger charge is -2.13. The number of methoxy groups -OCH3 is 4. The van der Waals surface area contributed by atoms with Crippen LogP contribution in [0.1, 0.15) is 0 Å². The molecule has 0 amide bonds. The molecule has 42 heavy (non-hydrogen) atoms. The summed E-state index contributed by atoms with van der Waals surface area (Å²) in [5.41, 5.74) is 1.52. The Bertz CT molecular complexity index is 1580. The van der Waals surface area contributed by atoms with Crippen LogP contribution in [0.3, 0.4) is 0 Å². The van der Waals surface area contributed by atoms with E-state index >= 15 is 0 Å². The Morgan fingerprint density at radius 1 is 0.595 bits per heavy atom. The molecule has 18 heteroatoms. The number of anilines is 2. The predicted molar refractivity (Wildman–Crippen MR) is 157 cm³/mol. The fourth-order valence-electron chi connectivity index (χ4n) is 3.41. The minimum atomic E-state index is -3.67. The number of nitrogens with zero attached hydrogens (tertiary/aromatic N) is 4. The van der Waals surface area contributed by atoms with Gasteiger partial charge < -0.3 is 29.6 Å². The summed E-state index contributed by atoms with van der Waals surface area (Å²) in [6, 6.07) is 7.38. The van der Waals surface area contributed by atoms with Gasteiger partial charge in [0.1, 0.15) is 24.3 Å². The van der Waals surface area contributed by atoms with Gasteiger partial charge in [0, 0.05) is 36.0 Å². The summed E-state index contributed by atoms with van der Waals surface area (Å²) in [5.74, 6) is 3.89. The van der Waals surface area contributed by atoms with Gasteiger partial charge in [-0.25, -0.2) is 19.9 Å². The number of benzene rings is 2. The highest BCUT2D eigenvalue weighted by Gasteiger charge is 2.12. The molecule has 4 rings (SSSR count). The minimum Gasteiger partial charge on any atom is -0.493 e. The van der Waals surface area contributed by atoms with Crippen LogP contribution in [0.25, 0.3) is 21.8 Å². The van der Waals surface area contributed by atoms with Crippen molar-refractivity contribution in [2.75, 3.05) is 64.7 Å². The lowest BCUT2D eigenvalue weighted by Crippen LogP contribution is -2.15. The summed E-state index contributed by atoms with van der Waals surface area (Å²) in [5, 5.41) is 8.36. The van der Waals surface area contributed by atoms with Crippen LogP contribution in [0, 0.1) is 0 Å². The van der Waals surface area contributed by atoms with Crippen molar-refractivity contribution in [3.8, 4) is 23.0 Å². The average molecular weight is 629 g/mol. The van der Waals surface area contributed by atoms with Crippen molar-refractivity contribution in [1.82, 2.24) is 19.9 Å². The number of aromatic nitrogens is 4. The molecule has 0 saturated heterocycles. The molecule has 0 bridgehead atoms. The molecule has 0 unspecified atom stereocenters. The number of hydrogen-bond donors (Lipinski definition) is 4. The maximum Gasteiger partial charge on any atom is 0.261 e. The van der Waals surface area contributed by atoms with Crippen molar-refractivity contribution in [3.05, 3.63) is 36.9 Å². The van der Waals surface area contributed by atoms with Gasteiger partial charge in [0.15, 0.2) is 23.0 Å². The lowest BCUT2D eigenvalue weighted by molar-refractivity contribution is 0.356. The molecule has 4 N–H and O–H groups in total. The van der Waals surface area contributed by atoms with Crippen molar-refractivity contribution < 1.29 is 44.9 Å². The van der Waals surface area contributed by atoms with Crippen LogP contribution in [-0.2, 0) is 20.2 Å². The summed E-state index contributed by atoms with van der Waals surface area (Å²) in [4.78, 5) is 17.4. The van der Waals surface area contributed by atoms with E-state index in [0.717, 1.165) is 21.8 Å². The Labute approximate surface area is 242 Å². The van der Waals surface area contributed by atoms with E-state index in [2.05, 4.69) is 30.6 Å². The van der Waals surface area contributed by atoms with Crippen molar-refractivity contribution >= 4 is 53.7 Å². The molecule has 0 aliphatic rings. The van der Waals surface area contributed by atoms with Gasteiger partial charge >= 0.3 is 0 Å². The normalized spacial score (nSPS) is 11.0. The average Bonchev–Trinajstić information content (AvgIpc) is 2.92. The molecule has 0 atom stereocenters. The zero-order valence-corrected chi connectivity index (χ0v) is 25.3. The number of hydrogen-bond acceptors (Lipinski definition) is 14. The molecule has 0 fully saturated rings. The smallest absolute Gasteiger partial charge is 0.261 e. The van der Waals surface area contributed by atoms with Gasteiger partial charge in [-0.15, -0.1) is 0 Å². The van der Waals surface area contributed by atoms with Crippen LogP contribution >= 0.6 is 0 Å². The van der Waals surface area contributed by atoms with Crippen molar-refractivity contribution in [1.29, 1.82) is 0 Å². The van der Waals surface area contributed by atoms with Gasteiger partial charge in [-0.05, 0) is 12.1 Å². The fraction of sp³-hybridized carbons (Fsp3) is 0.333. The Morgan fingerprint density at radius 2 is 0.881 bits per heavy atom. The third-order valence-electron chi connectivity index (χ3n) is 4.99. The standard InChI is InChI=1S/C22H24N6O4.2CH4O3S/c1-29-17-7-13-15(9-19(17)31-3)25-11-27-21(13)23-5-6-24-22-14-8-18(30-2)20(32-4)10-16(14)26-12-28-22;2*1-5(2,3)4/h7-12H,5-6H2,1-4H3,(H,23,25,27)(H,24,26,28);2*1H3,(H,2,3,4). The van der Waals surface area contributed by atoms with E-state index in [9.17, 15) is 16.8 Å². The minimum absolute atomic E-state index is 0.596. The second-order valence-corrected chi connectivity index (χ2v) is 11.1. The highest BCUT2D eigenvalue weighted by atomic mass is 32.2. The maximum absolute atomic E-state index is 9.19. The zero-order valence-electron chi connectivity index (χ0n) is 23.6. The molecule has 2 aromatic heterocycles. The molecule has 4 aromatic rings. The zero-order chi connectivity index (χ0) is 31.5. The van der Waals surface area contributed by atoms with Gasteiger partial charge in [-0.1, -0.05) is 0 Å². The van der Waals surface area contributed by atoms with Gasteiger partial charge in [0.05, 0.1) is 52.0 Å². The molecular formula is C24H32N6O10S2. The second-order valence-electron chi connectivity index (χ2n) is 8.21. The molecule has 16 nitrogen and oxygen atoms in total. The Balaban J connectivity index is 0.000000533. The van der Waals surface area contributed by atoms with Crippen LogP contribution in [0.15, 0.2) is 36.9 Å². The Hall–Kier alpha value is -4.26. The van der Waals surface area contributed by atoms with E-state index in [1.54, 1.807) is 28.4 Å². The van der Waals surface area contributed by atoms with E-state index in [4.69, 9.17) is 28.1 Å². The monoisotopic (exact) mass is 628 g/mol. The molecular weight excluding hydrogens is 596 g/mol. The first-order valence-corrected chi connectivity index (χ1v) is 15.4. The van der Waals surface area contributed by atoms with E-state index in [1.165, 1.54) is 12.7 Å². The summed E-state index contributed by atoms with van der Waals surface area (Å²) in [7, 11) is -0.946. The molecule has 0 saturated carbocycles. The van der Waals surface area contributed by atoms with Crippen molar-refractivity contribution in [2.45, 2.75) is 0 Å². The Morgan fingerprint density at radius 3 is 1.17 bits per heavy atom. The van der Waals surface area contributed by atoms with E-state index in [1.807, 2.05) is 24.3 Å². The van der Waals surface area contributed by atoms with Crippen LogP contribution in [-0.4, -0.2) is 99.9 Å². The van der Waals surface area contributed by atoms with Crippen LogP contribution in [0.5, 0.6) is 23.0 Å². The first-order chi connectivity index (χ1) is 19.7. The predicted octanol–water partition coefficient (Wildman–Crippen LogP) is 2.14. The maximum atomic E-state index is 9.19. The van der Waals surface area contributed by atoms with Crippen LogP contribution in [0.2, 0.25) is 0 Å². The topological polar surface area (TPSA) is 221 Å². The van der Waals surface area contributed by atoms with Crippen LogP contribution < -0.4 is 29.6 Å². The summed E-state index contributed by atoms with van der Waals surface area (Å²) >= 11 is 0. The van der Waals surface area contributed by atoms with E-state index in [0.29, 0.717) is 60.2 Å². The number of ether oxygens (including phenoxy) is 4. The largest absolute Gasteiger partial charge is 0.493 e. The molecule has 0 spiro atoms. The highest BCUT2D eigenvalue weighted by molar-refractivity contribution is 7.85. The SMILES string of the molecule is COc1cc2ncnc(NCCNc3ncnc4cc(OC)c(OC)cc34)c2cc1OC.CS(=O)(=O)O.CS(=O)(=O)O. The molecule has 0 aliphatic carbocycles. The number of fused-ring (bicyclic) bond motifs is 2. The summed E-state index contributed by atoms with van der Waals surface area (Å²) in [6.07, 6.45) is 4.46. The lowest BCUT2D eigenvalue weighted by atomic mass is 10.2. The van der Waals surface area contributed by atoms with Crippen molar-refractivity contribution in [3.63, 3.8) is 0 Å². The number of nitrogens with one attached hydrogen (secondary N) is 2. The molecule has 2 aromatic carbocycles. The van der Waals surface area contributed by atoms with E-state index in [-0.39, 0.29) is 0 Å². The third kappa shape index (κ3) is 11.0. The van der Waals surface area contributed by atoms with Gasteiger partial charge in [0.25, 0.3) is 20.2 Å². The highest BCUT2D eigenvalue weighted by Crippen LogP contribution is 2.34. The van der Waals surface area contributed by atoms with Gasteiger partial charge in [-0.2, -0.15) is 16.8 Å². The fourth-order valence-corrected chi connectivity index (χ4v) is 3.41. The summed E-state index contributed by atoms with van der Waals surface area (Å²) < 4.78 is 73.3. The quantitative estimate of drug-likeness (QED) is 0.154. The van der Waals surface area contributed by atoms with Crippen molar-refractivity contribution in [2.24, 2.45) is 0 Å². The van der Waals surface area contributed by atoms with E-state index < -0.39 is 20.2 Å². The summed E-state index contributed by atoms with van der Waals surface area (Å²) in [6.45, 7) is 1.19.